The van der Waals surface area contributed by atoms with Crippen molar-refractivity contribution in [3.63, 3.8) is 0 Å². The SMILES string of the molecule is CC(C)c1ccc(CN(CCCN2CCOCC2)C(=S)Nc2ccccc2)cc1. The van der Waals surface area contributed by atoms with Crippen LogP contribution in [0.15, 0.2) is 54.6 Å². The zero-order valence-corrected chi connectivity index (χ0v) is 18.5. The second kappa shape index (κ2) is 11.3. The van der Waals surface area contributed by atoms with Crippen molar-refractivity contribution in [1.82, 2.24) is 9.80 Å². The maximum absolute atomic E-state index is 5.78. The van der Waals surface area contributed by atoms with Gasteiger partial charge in [-0.3, -0.25) is 4.90 Å². The predicted molar refractivity (Wildman–Crippen MR) is 125 cm³/mol. The number of thiocarbonyl (C=S) groups is 1. The standard InChI is InChI=1S/C24H33N3OS/c1-20(2)22-11-9-21(10-12-22)19-27(14-6-13-26-15-17-28-18-16-26)24(29)25-23-7-4-3-5-8-23/h3-5,7-12,20H,6,13-19H2,1-2H3,(H,25,29). The molecule has 4 nitrogen and oxygen atoms in total. The van der Waals surface area contributed by atoms with E-state index in [0.29, 0.717) is 5.92 Å². The highest BCUT2D eigenvalue weighted by atomic mass is 32.1. The predicted octanol–water partition coefficient (Wildman–Crippen LogP) is 4.73. The third-order valence-electron chi connectivity index (χ3n) is 5.34. The number of ether oxygens (including phenoxy) is 1. The molecule has 0 spiro atoms. The van der Waals surface area contributed by atoms with Gasteiger partial charge in [0.1, 0.15) is 0 Å². The number of nitrogens with zero attached hydrogens (tertiary/aromatic N) is 2. The number of morpholine rings is 1. The molecule has 1 aliphatic heterocycles. The van der Waals surface area contributed by atoms with Crippen LogP contribution in [0.1, 0.15) is 37.3 Å². The maximum Gasteiger partial charge on any atom is 0.173 e. The topological polar surface area (TPSA) is 27.7 Å². The number of nitrogens with one attached hydrogen (secondary N) is 1. The van der Waals surface area contributed by atoms with Crippen LogP contribution in [-0.2, 0) is 11.3 Å². The van der Waals surface area contributed by atoms with Crippen LogP contribution < -0.4 is 5.32 Å². The summed E-state index contributed by atoms with van der Waals surface area (Å²) >= 11 is 5.78. The van der Waals surface area contributed by atoms with Gasteiger partial charge in [0, 0.05) is 38.4 Å². The van der Waals surface area contributed by atoms with E-state index in [1.54, 1.807) is 0 Å². The van der Waals surface area contributed by atoms with Crippen molar-refractivity contribution in [2.24, 2.45) is 0 Å². The molecule has 1 N–H and O–H groups in total. The molecule has 0 saturated carbocycles. The van der Waals surface area contributed by atoms with Crippen LogP contribution in [0.5, 0.6) is 0 Å². The van der Waals surface area contributed by atoms with Crippen molar-refractivity contribution >= 4 is 23.0 Å². The molecule has 2 aromatic carbocycles. The van der Waals surface area contributed by atoms with Crippen molar-refractivity contribution in [1.29, 1.82) is 0 Å². The monoisotopic (exact) mass is 411 g/mol. The van der Waals surface area contributed by atoms with Gasteiger partial charge in [-0.1, -0.05) is 56.3 Å². The van der Waals surface area contributed by atoms with Gasteiger partial charge < -0.3 is 15.0 Å². The van der Waals surface area contributed by atoms with E-state index in [0.717, 1.165) is 63.2 Å². The Morgan fingerprint density at radius 2 is 1.76 bits per heavy atom. The van der Waals surface area contributed by atoms with E-state index in [2.05, 4.69) is 65.4 Å². The third-order valence-corrected chi connectivity index (χ3v) is 5.70. The lowest BCUT2D eigenvalue weighted by Crippen LogP contribution is -2.40. The van der Waals surface area contributed by atoms with Gasteiger partial charge in [-0.25, -0.2) is 0 Å². The third kappa shape index (κ3) is 7.11. The molecule has 0 unspecified atom stereocenters. The Morgan fingerprint density at radius 1 is 1.07 bits per heavy atom. The van der Waals surface area contributed by atoms with Crippen molar-refractivity contribution in [2.45, 2.75) is 32.7 Å². The summed E-state index contributed by atoms with van der Waals surface area (Å²) in [5.74, 6) is 0.550. The van der Waals surface area contributed by atoms with Crippen LogP contribution in [-0.4, -0.2) is 54.3 Å². The molecule has 1 fully saturated rings. The first-order valence-electron chi connectivity index (χ1n) is 10.6. The van der Waals surface area contributed by atoms with Crippen molar-refractivity contribution in [3.8, 4) is 0 Å². The lowest BCUT2D eigenvalue weighted by atomic mass is 10.0. The lowest BCUT2D eigenvalue weighted by molar-refractivity contribution is 0.0368. The van der Waals surface area contributed by atoms with E-state index in [9.17, 15) is 0 Å². The maximum atomic E-state index is 5.78. The fraction of sp³-hybridized carbons (Fsp3) is 0.458. The molecule has 2 aromatic rings. The first-order valence-corrected chi connectivity index (χ1v) is 11.0. The number of para-hydroxylation sites is 1. The number of benzene rings is 2. The molecule has 0 radical (unpaired) electrons. The average molecular weight is 412 g/mol. The summed E-state index contributed by atoms with van der Waals surface area (Å²) in [6.45, 7) is 11.0. The minimum absolute atomic E-state index is 0.550. The minimum atomic E-state index is 0.550. The molecular weight excluding hydrogens is 378 g/mol. The number of anilines is 1. The summed E-state index contributed by atoms with van der Waals surface area (Å²) in [6.07, 6.45) is 1.08. The summed E-state index contributed by atoms with van der Waals surface area (Å²) in [7, 11) is 0. The lowest BCUT2D eigenvalue weighted by Gasteiger charge is -2.29. The molecule has 0 aromatic heterocycles. The molecule has 0 aliphatic carbocycles. The van der Waals surface area contributed by atoms with Crippen LogP contribution in [0.2, 0.25) is 0 Å². The van der Waals surface area contributed by atoms with Gasteiger partial charge in [-0.15, -0.1) is 0 Å². The van der Waals surface area contributed by atoms with Gasteiger partial charge in [-0.2, -0.15) is 0 Å². The van der Waals surface area contributed by atoms with Crippen molar-refractivity contribution in [3.05, 3.63) is 65.7 Å². The highest BCUT2D eigenvalue weighted by Gasteiger charge is 2.14. The van der Waals surface area contributed by atoms with Gasteiger partial charge >= 0.3 is 0 Å². The summed E-state index contributed by atoms with van der Waals surface area (Å²) in [5.41, 5.74) is 3.70. The van der Waals surface area contributed by atoms with Crippen molar-refractivity contribution < 1.29 is 4.74 Å². The zero-order valence-electron chi connectivity index (χ0n) is 17.6. The van der Waals surface area contributed by atoms with Gasteiger partial charge in [0.05, 0.1) is 13.2 Å². The van der Waals surface area contributed by atoms with Gasteiger partial charge in [0.2, 0.25) is 0 Å². The summed E-state index contributed by atoms with van der Waals surface area (Å²) in [6, 6.07) is 19.1. The van der Waals surface area contributed by atoms with Crippen LogP contribution in [0, 0.1) is 0 Å². The number of hydrogen-bond acceptors (Lipinski definition) is 3. The molecular formula is C24H33N3OS. The van der Waals surface area contributed by atoms with E-state index < -0.39 is 0 Å². The summed E-state index contributed by atoms with van der Waals surface area (Å²) < 4.78 is 5.45. The normalized spacial score (nSPS) is 14.7. The first-order chi connectivity index (χ1) is 14.1. The molecule has 3 rings (SSSR count). The van der Waals surface area contributed by atoms with Crippen LogP contribution in [0.4, 0.5) is 5.69 Å². The van der Waals surface area contributed by atoms with Crippen LogP contribution in [0.25, 0.3) is 0 Å². The highest BCUT2D eigenvalue weighted by Crippen LogP contribution is 2.17. The molecule has 1 heterocycles. The fourth-order valence-corrected chi connectivity index (χ4v) is 3.79. The van der Waals surface area contributed by atoms with E-state index in [-0.39, 0.29) is 0 Å². The van der Waals surface area contributed by atoms with Gasteiger partial charge in [-0.05, 0) is 47.8 Å². The van der Waals surface area contributed by atoms with E-state index in [1.807, 2.05) is 18.2 Å². The smallest absolute Gasteiger partial charge is 0.173 e. The number of hydrogen-bond donors (Lipinski definition) is 1. The average Bonchev–Trinajstić information content (AvgIpc) is 2.75. The second-order valence-electron chi connectivity index (χ2n) is 7.92. The molecule has 0 atom stereocenters. The fourth-order valence-electron chi connectivity index (χ4n) is 3.51. The molecule has 1 aliphatic rings. The Balaban J connectivity index is 1.61. The van der Waals surface area contributed by atoms with E-state index in [1.165, 1.54) is 11.1 Å². The summed E-state index contributed by atoms with van der Waals surface area (Å²) in [4.78, 5) is 4.76. The van der Waals surface area contributed by atoms with E-state index in [4.69, 9.17) is 17.0 Å². The largest absolute Gasteiger partial charge is 0.379 e. The second-order valence-corrected chi connectivity index (χ2v) is 8.31. The van der Waals surface area contributed by atoms with Crippen LogP contribution >= 0.6 is 12.2 Å². The quantitative estimate of drug-likeness (QED) is 0.634. The zero-order chi connectivity index (χ0) is 20.5. The highest BCUT2D eigenvalue weighted by molar-refractivity contribution is 7.80. The Labute approximate surface area is 180 Å². The molecule has 29 heavy (non-hydrogen) atoms. The Kier molecular flexibility index (Phi) is 8.47. The molecule has 0 amide bonds. The van der Waals surface area contributed by atoms with Crippen molar-refractivity contribution in [2.75, 3.05) is 44.7 Å². The molecule has 0 bridgehead atoms. The van der Waals surface area contributed by atoms with Gasteiger partial charge in [0.15, 0.2) is 5.11 Å². The first kappa shape index (κ1) is 21.8. The molecule has 5 heteroatoms. The summed E-state index contributed by atoms with van der Waals surface area (Å²) in [5, 5.41) is 4.19. The Bertz CT molecular complexity index is 742. The Hall–Kier alpha value is -1.95. The van der Waals surface area contributed by atoms with Crippen LogP contribution in [0.3, 0.4) is 0 Å². The molecule has 1 saturated heterocycles. The number of rotatable bonds is 8. The Morgan fingerprint density at radius 3 is 2.41 bits per heavy atom. The minimum Gasteiger partial charge on any atom is -0.379 e. The van der Waals surface area contributed by atoms with Gasteiger partial charge in [0.25, 0.3) is 0 Å². The molecule has 156 valence electrons. The van der Waals surface area contributed by atoms with E-state index >= 15 is 0 Å².